The fourth-order valence-electron chi connectivity index (χ4n) is 1.66. The summed E-state index contributed by atoms with van der Waals surface area (Å²) >= 11 is 0. The van der Waals surface area contributed by atoms with Gasteiger partial charge in [-0.3, -0.25) is 0 Å². The van der Waals surface area contributed by atoms with E-state index in [1.54, 1.807) is 0 Å². The number of rotatable bonds is 4. The van der Waals surface area contributed by atoms with Crippen LogP contribution in [0.2, 0.25) is 0 Å². The number of benzene rings is 2. The van der Waals surface area contributed by atoms with Gasteiger partial charge in [0.05, 0.1) is 0 Å². The maximum absolute atomic E-state index is 13.5. The van der Waals surface area contributed by atoms with Gasteiger partial charge in [-0.25, -0.2) is 17.5 Å². The summed E-state index contributed by atoms with van der Waals surface area (Å²) in [4.78, 5) is -0.441. The molecule has 0 amide bonds. The zero-order valence-electron chi connectivity index (χ0n) is 10.4. The van der Waals surface area contributed by atoms with Crippen molar-refractivity contribution in [1.29, 1.82) is 0 Å². The Hall–Kier alpha value is -2.12. The van der Waals surface area contributed by atoms with Crippen LogP contribution in [0.25, 0.3) is 0 Å². The quantitative estimate of drug-likeness (QED) is 0.590. The maximum Gasteiger partial charge on any atom is 0.243 e. The molecule has 2 rings (SSSR count). The minimum atomic E-state index is -4.00. The first-order valence-electron chi connectivity index (χ1n) is 5.72. The van der Waals surface area contributed by atoms with Crippen LogP contribution >= 0.6 is 0 Å². The number of halogens is 1. The second kappa shape index (κ2) is 5.48. The number of phenolic OH excluding ortho intramolecular Hbond substituents is 1. The van der Waals surface area contributed by atoms with Crippen molar-refractivity contribution in [2.75, 3.05) is 5.73 Å². The van der Waals surface area contributed by atoms with Gasteiger partial charge in [0.1, 0.15) is 16.5 Å². The lowest BCUT2D eigenvalue weighted by Crippen LogP contribution is -2.24. The lowest BCUT2D eigenvalue weighted by Gasteiger charge is -2.09. The van der Waals surface area contributed by atoms with Gasteiger partial charge < -0.3 is 10.8 Å². The Balaban J connectivity index is 2.22. The van der Waals surface area contributed by atoms with E-state index in [9.17, 15) is 17.9 Å². The molecule has 0 fully saturated rings. The zero-order valence-corrected chi connectivity index (χ0v) is 11.2. The highest BCUT2D eigenvalue weighted by Gasteiger charge is 2.18. The standard InChI is InChI=1S/C13H13FN2O3S/c14-11-3-1-2-4-13(11)20(18,19)16-8-9-7-10(15)5-6-12(9)17/h1-7,16-17H,8,15H2. The molecule has 0 saturated heterocycles. The molecular formula is C13H13FN2O3S. The van der Waals surface area contributed by atoms with E-state index >= 15 is 0 Å². The molecule has 0 unspecified atom stereocenters. The van der Waals surface area contributed by atoms with Gasteiger partial charge in [0, 0.05) is 17.8 Å². The van der Waals surface area contributed by atoms with Crippen LogP contribution in [0.1, 0.15) is 5.56 Å². The molecule has 2 aromatic rings. The molecule has 0 radical (unpaired) electrons. The Labute approximate surface area is 115 Å². The van der Waals surface area contributed by atoms with Crippen LogP contribution in [0.3, 0.4) is 0 Å². The van der Waals surface area contributed by atoms with Crippen LogP contribution in [0.15, 0.2) is 47.4 Å². The van der Waals surface area contributed by atoms with Gasteiger partial charge in [0.2, 0.25) is 10.0 Å². The van der Waals surface area contributed by atoms with Crippen LogP contribution in [-0.4, -0.2) is 13.5 Å². The number of anilines is 1. The number of sulfonamides is 1. The monoisotopic (exact) mass is 296 g/mol. The van der Waals surface area contributed by atoms with Crippen LogP contribution < -0.4 is 10.5 Å². The number of hydrogen-bond acceptors (Lipinski definition) is 4. The second-order valence-electron chi connectivity index (χ2n) is 4.14. The largest absolute Gasteiger partial charge is 0.508 e. The molecule has 0 atom stereocenters. The number of hydrogen-bond donors (Lipinski definition) is 3. The molecule has 0 saturated carbocycles. The molecule has 5 nitrogen and oxygen atoms in total. The Morgan fingerprint density at radius 1 is 1.20 bits per heavy atom. The predicted molar refractivity (Wildman–Crippen MR) is 72.9 cm³/mol. The number of nitrogen functional groups attached to an aromatic ring is 1. The Morgan fingerprint density at radius 3 is 2.60 bits per heavy atom. The topological polar surface area (TPSA) is 92.4 Å². The molecule has 0 aliphatic carbocycles. The van der Waals surface area contributed by atoms with Crippen molar-refractivity contribution < 1.29 is 17.9 Å². The summed E-state index contributed by atoms with van der Waals surface area (Å²) in [5.41, 5.74) is 6.26. The Morgan fingerprint density at radius 2 is 1.90 bits per heavy atom. The molecule has 7 heteroatoms. The molecule has 106 valence electrons. The van der Waals surface area contributed by atoms with Gasteiger partial charge in [-0.05, 0) is 30.3 Å². The van der Waals surface area contributed by atoms with Gasteiger partial charge in [-0.2, -0.15) is 0 Å². The van der Waals surface area contributed by atoms with Crippen LogP contribution in [0.5, 0.6) is 5.75 Å². The van der Waals surface area contributed by atoms with E-state index in [0.29, 0.717) is 11.3 Å². The molecule has 2 aromatic carbocycles. The van der Waals surface area contributed by atoms with Gasteiger partial charge in [0.25, 0.3) is 0 Å². The third-order valence-electron chi connectivity index (χ3n) is 2.68. The van der Waals surface area contributed by atoms with Crippen molar-refractivity contribution in [2.45, 2.75) is 11.4 Å². The average Bonchev–Trinajstić information content (AvgIpc) is 2.40. The van der Waals surface area contributed by atoms with Crippen molar-refractivity contribution in [3.63, 3.8) is 0 Å². The van der Waals surface area contributed by atoms with Crippen LogP contribution in [0, 0.1) is 5.82 Å². The summed E-state index contributed by atoms with van der Waals surface area (Å²) in [6, 6.07) is 9.35. The lowest BCUT2D eigenvalue weighted by atomic mass is 10.2. The van der Waals surface area contributed by atoms with Crippen LogP contribution in [0.4, 0.5) is 10.1 Å². The van der Waals surface area contributed by atoms with E-state index in [1.165, 1.54) is 30.3 Å². The van der Waals surface area contributed by atoms with Crippen molar-refractivity contribution in [3.8, 4) is 5.75 Å². The van der Waals surface area contributed by atoms with Gasteiger partial charge >= 0.3 is 0 Å². The molecular weight excluding hydrogens is 283 g/mol. The third-order valence-corrected chi connectivity index (χ3v) is 4.12. The lowest BCUT2D eigenvalue weighted by molar-refractivity contribution is 0.467. The SMILES string of the molecule is Nc1ccc(O)c(CNS(=O)(=O)c2ccccc2F)c1. The molecule has 4 N–H and O–H groups in total. The Kier molecular flexibility index (Phi) is 3.91. The minimum Gasteiger partial charge on any atom is -0.508 e. The van der Waals surface area contributed by atoms with Crippen molar-refractivity contribution in [2.24, 2.45) is 0 Å². The number of nitrogens with one attached hydrogen (secondary N) is 1. The smallest absolute Gasteiger partial charge is 0.243 e. The molecule has 0 spiro atoms. The van der Waals surface area contributed by atoms with E-state index in [2.05, 4.69) is 4.72 Å². The van der Waals surface area contributed by atoms with Crippen molar-refractivity contribution in [3.05, 3.63) is 53.8 Å². The first kappa shape index (κ1) is 14.3. The summed E-state index contributed by atoms with van der Waals surface area (Å²) in [6.45, 7) is -0.187. The van der Waals surface area contributed by atoms with Crippen molar-refractivity contribution >= 4 is 15.7 Å². The van der Waals surface area contributed by atoms with Crippen molar-refractivity contribution in [1.82, 2.24) is 4.72 Å². The molecule has 0 heterocycles. The number of aromatic hydroxyl groups is 1. The minimum absolute atomic E-state index is 0.0876. The average molecular weight is 296 g/mol. The first-order valence-corrected chi connectivity index (χ1v) is 7.20. The number of phenols is 1. The zero-order chi connectivity index (χ0) is 14.8. The van der Waals surface area contributed by atoms with Gasteiger partial charge in [-0.15, -0.1) is 0 Å². The maximum atomic E-state index is 13.5. The van der Waals surface area contributed by atoms with Gasteiger partial charge in [0.15, 0.2) is 0 Å². The molecule has 0 aliphatic heterocycles. The molecule has 0 bridgehead atoms. The number of nitrogens with two attached hydrogens (primary N) is 1. The normalized spacial score (nSPS) is 11.4. The van der Waals surface area contributed by atoms with Crippen LogP contribution in [-0.2, 0) is 16.6 Å². The molecule has 0 aromatic heterocycles. The summed E-state index contributed by atoms with van der Waals surface area (Å²) in [7, 11) is -4.00. The van der Waals surface area contributed by atoms with Gasteiger partial charge in [-0.1, -0.05) is 12.1 Å². The Bertz CT molecular complexity index is 732. The second-order valence-corrected chi connectivity index (χ2v) is 5.88. The van der Waals surface area contributed by atoms with E-state index in [1.807, 2.05) is 0 Å². The predicted octanol–water partition coefficient (Wildman–Crippen LogP) is 1.59. The summed E-state index contributed by atoms with van der Waals surface area (Å²) in [5, 5.41) is 9.59. The first-order chi connectivity index (χ1) is 9.40. The fraction of sp³-hybridized carbons (Fsp3) is 0.0769. The third kappa shape index (κ3) is 3.06. The molecule has 20 heavy (non-hydrogen) atoms. The highest BCUT2D eigenvalue weighted by molar-refractivity contribution is 7.89. The summed E-state index contributed by atoms with van der Waals surface area (Å²) in [5.74, 6) is -0.924. The highest BCUT2D eigenvalue weighted by atomic mass is 32.2. The van der Waals surface area contributed by atoms with E-state index < -0.39 is 20.7 Å². The highest BCUT2D eigenvalue weighted by Crippen LogP contribution is 2.20. The molecule has 0 aliphatic rings. The fourth-order valence-corrected chi connectivity index (χ4v) is 2.74. The summed E-state index contributed by atoms with van der Waals surface area (Å²) < 4.78 is 39.6. The van der Waals surface area contributed by atoms with E-state index in [0.717, 1.165) is 12.1 Å². The van der Waals surface area contributed by atoms with E-state index in [-0.39, 0.29) is 12.3 Å². The van der Waals surface area contributed by atoms with E-state index in [4.69, 9.17) is 5.73 Å². The summed E-state index contributed by atoms with van der Waals surface area (Å²) in [6.07, 6.45) is 0.